The van der Waals surface area contributed by atoms with Crippen LogP contribution in [0.1, 0.15) is 17.3 Å². The Morgan fingerprint density at radius 2 is 2.23 bits per heavy atom. The van der Waals surface area contributed by atoms with Crippen molar-refractivity contribution in [1.29, 1.82) is 0 Å². The fourth-order valence-corrected chi connectivity index (χ4v) is 1.33. The van der Waals surface area contributed by atoms with E-state index in [2.05, 4.69) is 15.9 Å². The number of hydrogen-bond acceptors (Lipinski definition) is 3. The number of carbonyl (C=O) groups excluding carboxylic acids is 2. The molecule has 3 nitrogen and oxygen atoms in total. The van der Waals surface area contributed by atoms with E-state index in [1.807, 2.05) is 0 Å². The third kappa shape index (κ3) is 2.39. The maximum atomic E-state index is 10.7. The molecule has 0 spiro atoms. The molecule has 0 N–H and O–H groups in total. The summed E-state index contributed by atoms with van der Waals surface area (Å²) >= 11 is 3.18. The molecule has 1 aromatic carbocycles. The number of halogens is 1. The zero-order chi connectivity index (χ0) is 9.84. The summed E-state index contributed by atoms with van der Waals surface area (Å²) in [4.78, 5) is 21.2. The first-order valence-electron chi connectivity index (χ1n) is 3.57. The van der Waals surface area contributed by atoms with Crippen LogP contribution in [0, 0.1) is 0 Å². The zero-order valence-corrected chi connectivity index (χ0v) is 8.50. The van der Waals surface area contributed by atoms with Crippen LogP contribution in [0.5, 0.6) is 5.75 Å². The number of ether oxygens (including phenoxy) is 1. The van der Waals surface area contributed by atoms with Gasteiger partial charge in [-0.1, -0.05) is 6.07 Å². The molecule has 1 rings (SSSR count). The molecule has 0 unspecified atom stereocenters. The van der Waals surface area contributed by atoms with Gasteiger partial charge in [0, 0.05) is 6.92 Å². The van der Waals surface area contributed by atoms with E-state index in [1.165, 1.54) is 6.92 Å². The molecule has 0 saturated carbocycles. The lowest BCUT2D eigenvalue weighted by molar-refractivity contribution is -0.131. The predicted octanol–water partition coefficient (Wildman–Crippen LogP) is 2.19. The summed E-state index contributed by atoms with van der Waals surface area (Å²) < 4.78 is 5.44. The first kappa shape index (κ1) is 9.92. The van der Waals surface area contributed by atoms with Gasteiger partial charge in [0.15, 0.2) is 12.0 Å². The lowest BCUT2D eigenvalue weighted by atomic mass is 10.2. The summed E-state index contributed by atoms with van der Waals surface area (Å²) in [5, 5.41) is 0. The SMILES string of the molecule is CC(=O)Oc1c(Br)cccc1C=O. The van der Waals surface area contributed by atoms with Crippen LogP contribution in [0.15, 0.2) is 22.7 Å². The maximum Gasteiger partial charge on any atom is 0.308 e. The van der Waals surface area contributed by atoms with Gasteiger partial charge < -0.3 is 4.74 Å². The van der Waals surface area contributed by atoms with Gasteiger partial charge in [-0.05, 0) is 28.1 Å². The topological polar surface area (TPSA) is 43.4 Å². The molecule has 0 aromatic heterocycles. The highest BCUT2D eigenvalue weighted by Crippen LogP contribution is 2.27. The van der Waals surface area contributed by atoms with Gasteiger partial charge in [0.2, 0.25) is 0 Å². The monoisotopic (exact) mass is 242 g/mol. The molecular formula is C9H7BrO3. The third-order valence-corrected chi connectivity index (χ3v) is 1.99. The Morgan fingerprint density at radius 1 is 1.54 bits per heavy atom. The van der Waals surface area contributed by atoms with Crippen LogP contribution in [-0.4, -0.2) is 12.3 Å². The largest absolute Gasteiger partial charge is 0.425 e. The van der Waals surface area contributed by atoms with E-state index in [1.54, 1.807) is 18.2 Å². The highest BCUT2D eigenvalue weighted by Gasteiger charge is 2.08. The van der Waals surface area contributed by atoms with Crippen molar-refractivity contribution in [3.8, 4) is 5.75 Å². The second-order valence-electron chi connectivity index (χ2n) is 2.37. The Balaban J connectivity index is 3.14. The van der Waals surface area contributed by atoms with Gasteiger partial charge in [0.05, 0.1) is 10.0 Å². The van der Waals surface area contributed by atoms with E-state index in [0.717, 1.165) is 0 Å². The predicted molar refractivity (Wildman–Crippen MR) is 50.8 cm³/mol. The van der Waals surface area contributed by atoms with E-state index in [0.29, 0.717) is 16.3 Å². The Bertz CT molecular complexity index is 347. The summed E-state index contributed by atoms with van der Waals surface area (Å²) in [6.45, 7) is 1.29. The molecule has 0 fully saturated rings. The van der Waals surface area contributed by atoms with E-state index in [-0.39, 0.29) is 5.75 Å². The number of benzene rings is 1. The molecule has 68 valence electrons. The Hall–Kier alpha value is -1.16. The van der Waals surface area contributed by atoms with Crippen LogP contribution >= 0.6 is 15.9 Å². The van der Waals surface area contributed by atoms with E-state index in [9.17, 15) is 9.59 Å². The van der Waals surface area contributed by atoms with Crippen molar-refractivity contribution >= 4 is 28.2 Å². The Morgan fingerprint density at radius 3 is 2.77 bits per heavy atom. The van der Waals surface area contributed by atoms with E-state index in [4.69, 9.17) is 4.74 Å². The number of carbonyl (C=O) groups is 2. The van der Waals surface area contributed by atoms with Gasteiger partial charge in [-0.25, -0.2) is 0 Å². The van der Waals surface area contributed by atoms with Crippen LogP contribution in [0.25, 0.3) is 0 Å². The Labute approximate surface area is 83.8 Å². The van der Waals surface area contributed by atoms with Crippen molar-refractivity contribution in [2.24, 2.45) is 0 Å². The highest BCUT2D eigenvalue weighted by atomic mass is 79.9. The minimum Gasteiger partial charge on any atom is -0.425 e. The summed E-state index contributed by atoms with van der Waals surface area (Å²) in [7, 11) is 0. The van der Waals surface area contributed by atoms with Gasteiger partial charge in [-0.2, -0.15) is 0 Å². The molecule has 0 aliphatic heterocycles. The number of hydrogen-bond donors (Lipinski definition) is 0. The minimum atomic E-state index is -0.449. The van der Waals surface area contributed by atoms with Gasteiger partial charge in [0.1, 0.15) is 0 Å². The zero-order valence-electron chi connectivity index (χ0n) is 6.91. The summed E-state index contributed by atoms with van der Waals surface area (Å²) in [5.41, 5.74) is 0.351. The smallest absolute Gasteiger partial charge is 0.308 e. The molecule has 1 aromatic rings. The number of esters is 1. The summed E-state index contributed by atoms with van der Waals surface area (Å²) in [6.07, 6.45) is 0.642. The van der Waals surface area contributed by atoms with Crippen molar-refractivity contribution in [1.82, 2.24) is 0 Å². The Kier molecular flexibility index (Phi) is 3.19. The molecule has 0 bridgehead atoms. The van der Waals surface area contributed by atoms with Crippen molar-refractivity contribution in [3.63, 3.8) is 0 Å². The van der Waals surface area contributed by atoms with Gasteiger partial charge in [-0.15, -0.1) is 0 Å². The van der Waals surface area contributed by atoms with Crippen molar-refractivity contribution < 1.29 is 14.3 Å². The van der Waals surface area contributed by atoms with Crippen LogP contribution in [0.2, 0.25) is 0 Å². The van der Waals surface area contributed by atoms with Crippen LogP contribution in [-0.2, 0) is 4.79 Å². The highest BCUT2D eigenvalue weighted by molar-refractivity contribution is 9.10. The van der Waals surface area contributed by atoms with E-state index < -0.39 is 5.97 Å². The number of aldehydes is 1. The first-order chi connectivity index (χ1) is 6.15. The average Bonchev–Trinajstić information content (AvgIpc) is 2.08. The first-order valence-corrected chi connectivity index (χ1v) is 4.36. The fourth-order valence-electron chi connectivity index (χ4n) is 0.870. The van der Waals surface area contributed by atoms with Crippen molar-refractivity contribution in [3.05, 3.63) is 28.2 Å². The molecule has 0 aliphatic rings. The molecular weight excluding hydrogens is 236 g/mol. The average molecular weight is 243 g/mol. The number of rotatable bonds is 2. The van der Waals surface area contributed by atoms with Gasteiger partial charge in [0.25, 0.3) is 0 Å². The summed E-state index contributed by atoms with van der Waals surface area (Å²) in [5.74, 6) is -0.181. The molecule has 0 aliphatic carbocycles. The lowest BCUT2D eigenvalue weighted by Gasteiger charge is -2.05. The third-order valence-electron chi connectivity index (χ3n) is 1.37. The molecule has 0 radical (unpaired) electrons. The lowest BCUT2D eigenvalue weighted by Crippen LogP contribution is -2.04. The quantitative estimate of drug-likeness (QED) is 0.454. The standard InChI is InChI=1S/C9H7BrO3/c1-6(12)13-9-7(5-11)3-2-4-8(9)10/h2-5H,1H3. The van der Waals surface area contributed by atoms with Crippen LogP contribution < -0.4 is 4.74 Å². The minimum absolute atomic E-state index is 0.269. The second-order valence-corrected chi connectivity index (χ2v) is 3.22. The molecule has 4 heteroatoms. The number of para-hydroxylation sites is 1. The normalized spacial score (nSPS) is 9.38. The van der Waals surface area contributed by atoms with Crippen molar-refractivity contribution in [2.45, 2.75) is 6.92 Å². The fraction of sp³-hybridized carbons (Fsp3) is 0.111. The molecule has 0 heterocycles. The molecule has 0 saturated heterocycles. The molecule has 0 amide bonds. The summed E-state index contributed by atoms with van der Waals surface area (Å²) in [6, 6.07) is 4.97. The molecule has 0 atom stereocenters. The van der Waals surface area contributed by atoms with Gasteiger partial charge >= 0.3 is 5.97 Å². The second kappa shape index (κ2) is 4.18. The van der Waals surface area contributed by atoms with Crippen molar-refractivity contribution in [2.75, 3.05) is 0 Å². The van der Waals surface area contributed by atoms with E-state index >= 15 is 0 Å². The molecule has 13 heavy (non-hydrogen) atoms. The maximum absolute atomic E-state index is 10.7. The van der Waals surface area contributed by atoms with Crippen LogP contribution in [0.4, 0.5) is 0 Å². The van der Waals surface area contributed by atoms with Gasteiger partial charge in [-0.3, -0.25) is 9.59 Å². The van der Waals surface area contributed by atoms with Crippen LogP contribution in [0.3, 0.4) is 0 Å².